The Bertz CT molecular complexity index is 1250. The monoisotopic (exact) mass is 403 g/mol. The molecule has 0 fully saturated rings. The minimum atomic E-state index is -0.622. The van der Waals surface area contributed by atoms with Crippen molar-refractivity contribution < 1.29 is 14.3 Å². The summed E-state index contributed by atoms with van der Waals surface area (Å²) in [5.74, 6) is -0.272. The Hall–Kier alpha value is -3.48. The minimum Gasteiger partial charge on any atom is -0.452 e. The maximum atomic E-state index is 12.5. The zero-order valence-electron chi connectivity index (χ0n) is 16.4. The van der Waals surface area contributed by atoms with E-state index in [-0.39, 0.29) is 17.7 Å². The molecule has 1 aliphatic heterocycles. The van der Waals surface area contributed by atoms with Gasteiger partial charge in [-0.15, -0.1) is 0 Å². The molecule has 0 unspecified atom stereocenters. The number of amides is 1. The fraction of sp³-hybridized carbons (Fsp3) is 0.304. The molecular weight excluding hydrogens is 382 g/mol. The van der Waals surface area contributed by atoms with Crippen LogP contribution in [-0.4, -0.2) is 28.0 Å². The van der Waals surface area contributed by atoms with Crippen molar-refractivity contribution in [3.63, 3.8) is 0 Å². The van der Waals surface area contributed by atoms with Crippen LogP contribution in [0.5, 0.6) is 0 Å². The van der Waals surface area contributed by atoms with Crippen LogP contribution in [-0.2, 0) is 35.3 Å². The molecule has 5 rings (SSSR count). The maximum Gasteiger partial charge on any atom is 0.338 e. The van der Waals surface area contributed by atoms with Crippen LogP contribution in [0.2, 0.25) is 0 Å². The van der Waals surface area contributed by atoms with Crippen LogP contribution < -0.4 is 10.9 Å². The molecule has 2 aromatic carbocycles. The number of esters is 1. The van der Waals surface area contributed by atoms with Gasteiger partial charge >= 0.3 is 5.97 Å². The fourth-order valence-corrected chi connectivity index (χ4v) is 4.27. The SMILES string of the molecule is O=C(COC(=O)c1ccc2c(=O)n3c(nc2c1)CCC3)Nc1ccc2c(c1)CCC2. The Morgan fingerprint density at radius 1 is 1.03 bits per heavy atom. The van der Waals surface area contributed by atoms with Gasteiger partial charge in [-0.25, -0.2) is 9.78 Å². The predicted octanol–water partition coefficient (Wildman–Crippen LogP) is 2.63. The van der Waals surface area contributed by atoms with Crippen LogP contribution >= 0.6 is 0 Å². The van der Waals surface area contributed by atoms with Gasteiger partial charge in [-0.05, 0) is 67.1 Å². The lowest BCUT2D eigenvalue weighted by molar-refractivity contribution is -0.119. The Balaban J connectivity index is 1.26. The van der Waals surface area contributed by atoms with Gasteiger partial charge in [0.2, 0.25) is 0 Å². The average Bonchev–Trinajstić information content (AvgIpc) is 3.40. The van der Waals surface area contributed by atoms with E-state index in [1.54, 1.807) is 16.7 Å². The quantitative estimate of drug-likeness (QED) is 0.677. The molecule has 0 radical (unpaired) electrons. The lowest BCUT2D eigenvalue weighted by atomic mass is 10.1. The van der Waals surface area contributed by atoms with E-state index in [1.165, 1.54) is 17.2 Å². The molecule has 2 heterocycles. The number of aryl methyl sites for hydroxylation is 3. The number of anilines is 1. The summed E-state index contributed by atoms with van der Waals surface area (Å²) in [5, 5.41) is 3.25. The van der Waals surface area contributed by atoms with Crippen molar-refractivity contribution in [3.8, 4) is 0 Å². The van der Waals surface area contributed by atoms with Gasteiger partial charge in [0.25, 0.3) is 11.5 Å². The molecule has 0 saturated carbocycles. The smallest absolute Gasteiger partial charge is 0.338 e. The summed E-state index contributed by atoms with van der Waals surface area (Å²) in [6, 6.07) is 10.6. The normalized spacial score (nSPS) is 14.4. The van der Waals surface area contributed by atoms with Gasteiger partial charge in [0.15, 0.2) is 6.61 Å². The first kappa shape index (κ1) is 18.5. The molecular formula is C23H21N3O4. The molecule has 1 amide bonds. The zero-order valence-corrected chi connectivity index (χ0v) is 16.4. The molecule has 1 aliphatic carbocycles. The number of carbonyl (C=O) groups excluding carboxylic acids is 2. The largest absolute Gasteiger partial charge is 0.452 e. The van der Waals surface area contributed by atoms with Gasteiger partial charge < -0.3 is 10.1 Å². The van der Waals surface area contributed by atoms with E-state index in [0.717, 1.165) is 37.9 Å². The first-order valence-corrected chi connectivity index (χ1v) is 10.2. The second kappa shape index (κ2) is 7.40. The summed E-state index contributed by atoms with van der Waals surface area (Å²) in [6.45, 7) is 0.300. The molecule has 0 saturated heterocycles. The molecule has 1 aromatic heterocycles. The Labute approximate surface area is 172 Å². The highest BCUT2D eigenvalue weighted by Crippen LogP contribution is 2.25. The van der Waals surface area contributed by atoms with Gasteiger partial charge in [0, 0.05) is 18.7 Å². The summed E-state index contributed by atoms with van der Waals surface area (Å²) < 4.78 is 6.85. The standard InChI is InChI=1S/C23H21N3O4/c27-21(24-17-8-6-14-3-1-4-15(14)11-17)13-30-23(29)16-7-9-18-19(12-16)25-20-5-2-10-26(20)22(18)28/h6-9,11-12H,1-5,10,13H2,(H,24,27). The molecule has 0 bridgehead atoms. The third-order valence-corrected chi connectivity index (χ3v) is 5.77. The summed E-state index contributed by atoms with van der Waals surface area (Å²) in [5.41, 5.74) is 3.96. The number of fused-ring (bicyclic) bond motifs is 3. The number of nitrogens with one attached hydrogen (secondary N) is 1. The highest BCUT2D eigenvalue weighted by Gasteiger charge is 2.18. The number of ether oxygens (including phenoxy) is 1. The highest BCUT2D eigenvalue weighted by atomic mass is 16.5. The van der Waals surface area contributed by atoms with E-state index >= 15 is 0 Å². The number of rotatable bonds is 4. The van der Waals surface area contributed by atoms with Gasteiger partial charge in [-0.1, -0.05) is 6.07 Å². The zero-order chi connectivity index (χ0) is 20.7. The summed E-state index contributed by atoms with van der Waals surface area (Å²) in [4.78, 5) is 41.6. The van der Waals surface area contributed by atoms with Gasteiger partial charge in [0.1, 0.15) is 5.82 Å². The molecule has 0 spiro atoms. The van der Waals surface area contributed by atoms with Crippen molar-refractivity contribution in [3.05, 3.63) is 69.3 Å². The highest BCUT2D eigenvalue weighted by molar-refractivity contribution is 5.97. The van der Waals surface area contributed by atoms with E-state index in [0.29, 0.717) is 23.1 Å². The lowest BCUT2D eigenvalue weighted by Crippen LogP contribution is -2.22. The number of aromatic nitrogens is 2. The molecule has 152 valence electrons. The second-order valence-electron chi connectivity index (χ2n) is 7.78. The Morgan fingerprint density at radius 2 is 1.90 bits per heavy atom. The van der Waals surface area contributed by atoms with Crippen LogP contribution in [0.1, 0.15) is 40.2 Å². The van der Waals surface area contributed by atoms with E-state index in [1.807, 2.05) is 18.2 Å². The van der Waals surface area contributed by atoms with Crippen molar-refractivity contribution in [2.24, 2.45) is 0 Å². The number of carbonyl (C=O) groups is 2. The van der Waals surface area contributed by atoms with E-state index in [2.05, 4.69) is 10.3 Å². The van der Waals surface area contributed by atoms with Crippen LogP contribution in [0.25, 0.3) is 10.9 Å². The Morgan fingerprint density at radius 3 is 2.80 bits per heavy atom. The van der Waals surface area contributed by atoms with Gasteiger partial charge in [0.05, 0.1) is 16.5 Å². The van der Waals surface area contributed by atoms with Crippen LogP contribution in [0.4, 0.5) is 5.69 Å². The first-order chi connectivity index (χ1) is 14.6. The van der Waals surface area contributed by atoms with Crippen LogP contribution in [0.15, 0.2) is 41.2 Å². The molecule has 1 N–H and O–H groups in total. The molecule has 7 heteroatoms. The third-order valence-electron chi connectivity index (χ3n) is 5.77. The topological polar surface area (TPSA) is 90.3 Å². The molecule has 2 aliphatic rings. The number of hydrogen-bond donors (Lipinski definition) is 1. The molecule has 0 atom stereocenters. The maximum absolute atomic E-state index is 12.5. The fourth-order valence-electron chi connectivity index (χ4n) is 4.27. The summed E-state index contributed by atoms with van der Waals surface area (Å²) >= 11 is 0. The van der Waals surface area contributed by atoms with Crippen molar-refractivity contribution in [1.82, 2.24) is 9.55 Å². The van der Waals surface area contributed by atoms with E-state index in [9.17, 15) is 14.4 Å². The second-order valence-corrected chi connectivity index (χ2v) is 7.78. The van der Waals surface area contributed by atoms with Crippen molar-refractivity contribution in [2.45, 2.75) is 38.6 Å². The van der Waals surface area contributed by atoms with Crippen molar-refractivity contribution in [1.29, 1.82) is 0 Å². The summed E-state index contributed by atoms with van der Waals surface area (Å²) in [6.07, 6.45) is 4.89. The number of hydrogen-bond acceptors (Lipinski definition) is 5. The van der Waals surface area contributed by atoms with Crippen LogP contribution in [0.3, 0.4) is 0 Å². The minimum absolute atomic E-state index is 0.0823. The molecule has 30 heavy (non-hydrogen) atoms. The first-order valence-electron chi connectivity index (χ1n) is 10.2. The van der Waals surface area contributed by atoms with E-state index < -0.39 is 11.9 Å². The lowest BCUT2D eigenvalue weighted by Gasteiger charge is -2.09. The third kappa shape index (κ3) is 3.36. The van der Waals surface area contributed by atoms with Gasteiger partial charge in [-0.3, -0.25) is 14.2 Å². The van der Waals surface area contributed by atoms with Gasteiger partial charge in [-0.2, -0.15) is 0 Å². The predicted molar refractivity (Wildman–Crippen MR) is 112 cm³/mol. The molecule has 7 nitrogen and oxygen atoms in total. The van der Waals surface area contributed by atoms with Crippen molar-refractivity contribution >= 4 is 28.5 Å². The number of benzene rings is 2. The van der Waals surface area contributed by atoms with Crippen LogP contribution in [0, 0.1) is 0 Å². The number of nitrogens with zero attached hydrogens (tertiary/aromatic N) is 2. The molecule has 3 aromatic rings. The Kier molecular flexibility index (Phi) is 4.58. The van der Waals surface area contributed by atoms with E-state index in [4.69, 9.17) is 4.74 Å². The van der Waals surface area contributed by atoms with Crippen molar-refractivity contribution in [2.75, 3.05) is 11.9 Å². The summed E-state index contributed by atoms with van der Waals surface area (Å²) in [7, 11) is 0. The average molecular weight is 403 g/mol.